The van der Waals surface area contributed by atoms with E-state index < -0.39 is 6.10 Å². The number of rotatable bonds is 8. The van der Waals surface area contributed by atoms with Gasteiger partial charge in [0.05, 0.1) is 18.1 Å². The van der Waals surface area contributed by atoms with E-state index in [0.717, 1.165) is 35.4 Å². The van der Waals surface area contributed by atoms with Gasteiger partial charge in [-0.15, -0.1) is 0 Å². The molecule has 6 nitrogen and oxygen atoms in total. The largest absolute Gasteiger partial charge is 0.497 e. The Morgan fingerprint density at radius 2 is 1.88 bits per heavy atom. The summed E-state index contributed by atoms with van der Waals surface area (Å²) in [5.74, 6) is 2.18. The zero-order valence-corrected chi connectivity index (χ0v) is 15.0. The van der Waals surface area contributed by atoms with Gasteiger partial charge in [-0.2, -0.15) is 0 Å². The van der Waals surface area contributed by atoms with Gasteiger partial charge in [0.25, 0.3) is 5.91 Å². The number of carbonyl (C=O) groups is 1. The number of methoxy groups -OCH3 is 1. The summed E-state index contributed by atoms with van der Waals surface area (Å²) >= 11 is 0. The minimum absolute atomic E-state index is 0.134. The molecule has 1 heterocycles. The number of hydrogen-bond acceptors (Lipinski definition) is 4. The van der Waals surface area contributed by atoms with Gasteiger partial charge in [0, 0.05) is 13.0 Å². The lowest BCUT2D eigenvalue weighted by molar-refractivity contribution is -0.127. The molecule has 0 saturated heterocycles. The van der Waals surface area contributed by atoms with Gasteiger partial charge in [0.1, 0.15) is 17.3 Å². The van der Waals surface area contributed by atoms with Gasteiger partial charge >= 0.3 is 0 Å². The van der Waals surface area contributed by atoms with Gasteiger partial charge in [-0.3, -0.25) is 4.79 Å². The molecule has 0 aliphatic carbocycles. The first-order valence-corrected chi connectivity index (χ1v) is 8.68. The summed E-state index contributed by atoms with van der Waals surface area (Å²) in [7, 11) is 1.61. The van der Waals surface area contributed by atoms with Crippen molar-refractivity contribution >= 4 is 16.9 Å². The lowest BCUT2D eigenvalue weighted by Gasteiger charge is -2.14. The molecule has 1 aromatic heterocycles. The third kappa shape index (κ3) is 4.53. The number of aromatic amines is 1. The molecule has 0 aliphatic heterocycles. The number of hydrogen-bond donors (Lipinski definition) is 2. The van der Waals surface area contributed by atoms with E-state index in [1.165, 1.54) is 0 Å². The molecule has 0 saturated carbocycles. The normalized spacial score (nSPS) is 11.9. The van der Waals surface area contributed by atoms with Gasteiger partial charge in [0.2, 0.25) is 0 Å². The van der Waals surface area contributed by atoms with Crippen molar-refractivity contribution in [3.8, 4) is 11.5 Å². The molecule has 2 N–H and O–H groups in total. The number of nitrogens with one attached hydrogen (secondary N) is 2. The lowest BCUT2D eigenvalue weighted by atomic mass is 10.3. The number of imidazole rings is 1. The highest BCUT2D eigenvalue weighted by molar-refractivity contribution is 5.80. The van der Waals surface area contributed by atoms with Crippen LogP contribution in [0.15, 0.2) is 48.5 Å². The highest BCUT2D eigenvalue weighted by Crippen LogP contribution is 2.18. The molecule has 2 aromatic carbocycles. The molecule has 0 fully saturated rings. The molecule has 3 aromatic rings. The molecular weight excluding hydrogens is 330 g/mol. The van der Waals surface area contributed by atoms with Crippen LogP contribution >= 0.6 is 0 Å². The minimum atomic E-state index is -0.561. The van der Waals surface area contributed by atoms with Gasteiger partial charge in [-0.1, -0.05) is 12.1 Å². The summed E-state index contributed by atoms with van der Waals surface area (Å²) in [5.41, 5.74) is 2.00. The Balaban J connectivity index is 1.41. The Morgan fingerprint density at radius 3 is 2.62 bits per heavy atom. The zero-order valence-electron chi connectivity index (χ0n) is 15.0. The highest BCUT2D eigenvalue weighted by Gasteiger charge is 2.14. The van der Waals surface area contributed by atoms with Crippen LogP contribution in [-0.4, -0.2) is 35.6 Å². The average molecular weight is 353 g/mol. The molecule has 0 radical (unpaired) electrons. The van der Waals surface area contributed by atoms with E-state index in [4.69, 9.17) is 9.47 Å². The number of aromatic nitrogens is 2. The van der Waals surface area contributed by atoms with E-state index in [9.17, 15) is 4.79 Å². The van der Waals surface area contributed by atoms with Crippen molar-refractivity contribution in [2.75, 3.05) is 13.7 Å². The molecule has 0 bridgehead atoms. The lowest BCUT2D eigenvalue weighted by Crippen LogP contribution is -2.36. The topological polar surface area (TPSA) is 76.2 Å². The predicted molar refractivity (Wildman–Crippen MR) is 101 cm³/mol. The molecule has 6 heteroatoms. The van der Waals surface area contributed by atoms with E-state index >= 15 is 0 Å². The number of nitrogens with zero attached hydrogens (tertiary/aromatic N) is 1. The molecular formula is C20H23N3O3. The second-order valence-electron chi connectivity index (χ2n) is 6.03. The Kier molecular flexibility index (Phi) is 5.73. The Hall–Kier alpha value is -3.02. The van der Waals surface area contributed by atoms with E-state index in [2.05, 4.69) is 15.3 Å². The summed E-state index contributed by atoms with van der Waals surface area (Å²) in [6, 6.07) is 15.1. The third-order valence-electron chi connectivity index (χ3n) is 4.07. The summed E-state index contributed by atoms with van der Waals surface area (Å²) in [6.45, 7) is 2.31. The second kappa shape index (κ2) is 8.38. The fourth-order valence-corrected chi connectivity index (χ4v) is 2.65. The Labute approximate surface area is 152 Å². The van der Waals surface area contributed by atoms with E-state index in [-0.39, 0.29) is 5.91 Å². The Bertz CT molecular complexity index is 825. The smallest absolute Gasteiger partial charge is 0.260 e. The van der Waals surface area contributed by atoms with Crippen molar-refractivity contribution in [3.05, 3.63) is 54.4 Å². The zero-order chi connectivity index (χ0) is 18.4. The number of H-pyrrole nitrogens is 1. The van der Waals surface area contributed by atoms with Crippen LogP contribution in [0.3, 0.4) is 0 Å². The summed E-state index contributed by atoms with van der Waals surface area (Å²) in [6.07, 6.45) is 1.03. The predicted octanol–water partition coefficient (Wildman–Crippen LogP) is 3.09. The Morgan fingerprint density at radius 1 is 1.15 bits per heavy atom. The molecule has 1 amide bonds. The summed E-state index contributed by atoms with van der Waals surface area (Å²) < 4.78 is 10.7. The van der Waals surface area contributed by atoms with Crippen LogP contribution in [0.5, 0.6) is 11.5 Å². The van der Waals surface area contributed by atoms with Crippen LogP contribution in [0.2, 0.25) is 0 Å². The SMILES string of the molecule is COc1ccc(O[C@@H](C)C(=O)NCCCc2nc3ccccc3[nH]2)cc1. The monoisotopic (exact) mass is 353 g/mol. The first-order valence-electron chi connectivity index (χ1n) is 8.68. The molecule has 136 valence electrons. The van der Waals surface area contributed by atoms with Gasteiger partial charge in [-0.25, -0.2) is 4.98 Å². The van der Waals surface area contributed by atoms with Crippen LogP contribution in [0.1, 0.15) is 19.2 Å². The highest BCUT2D eigenvalue weighted by atomic mass is 16.5. The number of benzene rings is 2. The fraction of sp³-hybridized carbons (Fsp3) is 0.300. The van der Waals surface area contributed by atoms with E-state index in [1.807, 2.05) is 24.3 Å². The molecule has 0 aliphatic rings. The maximum absolute atomic E-state index is 12.1. The number of aryl methyl sites for hydroxylation is 1. The fourth-order valence-electron chi connectivity index (χ4n) is 2.65. The average Bonchev–Trinajstić information content (AvgIpc) is 3.08. The van der Waals surface area contributed by atoms with E-state index in [1.54, 1.807) is 38.3 Å². The first kappa shape index (κ1) is 17.8. The van der Waals surface area contributed by atoms with Crippen molar-refractivity contribution in [2.45, 2.75) is 25.9 Å². The van der Waals surface area contributed by atoms with Crippen LogP contribution < -0.4 is 14.8 Å². The molecule has 26 heavy (non-hydrogen) atoms. The van der Waals surface area contributed by atoms with Crippen LogP contribution in [0.25, 0.3) is 11.0 Å². The van der Waals surface area contributed by atoms with Crippen molar-refractivity contribution in [1.82, 2.24) is 15.3 Å². The second-order valence-corrected chi connectivity index (χ2v) is 6.03. The molecule has 0 unspecified atom stereocenters. The van der Waals surface area contributed by atoms with Gasteiger partial charge in [0.15, 0.2) is 6.10 Å². The summed E-state index contributed by atoms with van der Waals surface area (Å²) in [5, 5.41) is 2.90. The van der Waals surface area contributed by atoms with Crippen molar-refractivity contribution in [3.63, 3.8) is 0 Å². The quantitative estimate of drug-likeness (QED) is 0.610. The van der Waals surface area contributed by atoms with Crippen molar-refractivity contribution in [2.24, 2.45) is 0 Å². The molecule has 0 spiro atoms. The first-order chi connectivity index (χ1) is 12.7. The summed E-state index contributed by atoms with van der Waals surface area (Å²) in [4.78, 5) is 20.0. The number of fused-ring (bicyclic) bond motifs is 1. The van der Waals surface area contributed by atoms with Crippen molar-refractivity contribution in [1.29, 1.82) is 0 Å². The van der Waals surface area contributed by atoms with Gasteiger partial charge < -0.3 is 19.8 Å². The third-order valence-corrected chi connectivity index (χ3v) is 4.07. The molecule has 3 rings (SSSR count). The number of ether oxygens (including phenoxy) is 2. The molecule has 1 atom stereocenters. The number of amides is 1. The number of carbonyl (C=O) groups excluding carboxylic acids is 1. The van der Waals surface area contributed by atoms with Crippen molar-refractivity contribution < 1.29 is 14.3 Å². The standard InChI is InChI=1S/C20H23N3O3/c1-14(26-16-11-9-15(25-2)10-12-16)20(24)21-13-5-8-19-22-17-6-3-4-7-18(17)23-19/h3-4,6-7,9-12,14H,5,8,13H2,1-2H3,(H,21,24)(H,22,23)/t14-/m0/s1. The van der Waals surface area contributed by atoms with Crippen LogP contribution in [0, 0.1) is 0 Å². The van der Waals surface area contributed by atoms with Crippen LogP contribution in [-0.2, 0) is 11.2 Å². The number of para-hydroxylation sites is 2. The minimum Gasteiger partial charge on any atom is -0.497 e. The maximum atomic E-state index is 12.1. The maximum Gasteiger partial charge on any atom is 0.260 e. The van der Waals surface area contributed by atoms with E-state index in [0.29, 0.717) is 12.3 Å². The van der Waals surface area contributed by atoms with Crippen LogP contribution in [0.4, 0.5) is 0 Å². The van der Waals surface area contributed by atoms with Gasteiger partial charge in [-0.05, 0) is 49.7 Å².